The second-order valence-electron chi connectivity index (χ2n) is 6.59. The van der Waals surface area contributed by atoms with Gasteiger partial charge < -0.3 is 9.52 Å². The number of hydrogen-bond donors (Lipinski definition) is 1. The van der Waals surface area contributed by atoms with Crippen molar-refractivity contribution < 1.29 is 9.52 Å². The minimum atomic E-state index is -0.415. The van der Waals surface area contributed by atoms with Crippen LogP contribution in [0.1, 0.15) is 65.2 Å². The third-order valence-electron chi connectivity index (χ3n) is 4.80. The van der Waals surface area contributed by atoms with Crippen LogP contribution in [-0.4, -0.2) is 5.11 Å². The van der Waals surface area contributed by atoms with Crippen molar-refractivity contribution in [2.45, 2.75) is 51.9 Å². The van der Waals surface area contributed by atoms with Crippen molar-refractivity contribution in [3.63, 3.8) is 0 Å². The predicted octanol–water partition coefficient (Wildman–Crippen LogP) is 6.06. The van der Waals surface area contributed by atoms with Gasteiger partial charge in [-0.05, 0) is 60.7 Å². The Labute approximate surface area is 162 Å². The fourth-order valence-electron chi connectivity index (χ4n) is 3.36. The average molecular weight is 389 g/mol. The molecule has 0 fully saturated rings. The highest BCUT2D eigenvalue weighted by molar-refractivity contribution is 7.12. The van der Waals surface area contributed by atoms with Gasteiger partial charge in [-0.15, -0.1) is 11.3 Å². The molecule has 5 heteroatoms. The first kappa shape index (κ1) is 18.9. The molecule has 3 aromatic heterocycles. The molecule has 2 unspecified atom stereocenters. The molecule has 2 atom stereocenters. The van der Waals surface area contributed by atoms with Gasteiger partial charge in [0.25, 0.3) is 0 Å². The van der Waals surface area contributed by atoms with Crippen molar-refractivity contribution in [2.24, 2.45) is 0 Å². The standard InChI is InChI=1S/C21H24O3S2/c1-4-15(10-14-8-9-25-12-14)18-11-17(22)20(21(23)24-18)16(5-2)19-7-6-13(3)26-19/h6-9,11-12,15-16,22H,4-5,10H2,1-3H3. The van der Waals surface area contributed by atoms with Crippen molar-refractivity contribution >= 4 is 22.7 Å². The minimum Gasteiger partial charge on any atom is -0.507 e. The van der Waals surface area contributed by atoms with E-state index in [2.05, 4.69) is 18.4 Å². The van der Waals surface area contributed by atoms with Gasteiger partial charge in [0.05, 0.1) is 5.56 Å². The average Bonchev–Trinajstić information content (AvgIpc) is 3.27. The zero-order valence-electron chi connectivity index (χ0n) is 15.3. The van der Waals surface area contributed by atoms with Gasteiger partial charge in [-0.2, -0.15) is 11.3 Å². The molecule has 3 rings (SSSR count). The number of aromatic hydroxyl groups is 1. The smallest absolute Gasteiger partial charge is 0.343 e. The predicted molar refractivity (Wildman–Crippen MR) is 109 cm³/mol. The van der Waals surface area contributed by atoms with E-state index >= 15 is 0 Å². The Morgan fingerprint density at radius 1 is 1.19 bits per heavy atom. The summed E-state index contributed by atoms with van der Waals surface area (Å²) in [6.45, 7) is 6.14. The van der Waals surface area contributed by atoms with Gasteiger partial charge in [-0.25, -0.2) is 4.79 Å². The van der Waals surface area contributed by atoms with E-state index in [1.807, 2.05) is 31.4 Å². The lowest BCUT2D eigenvalue weighted by molar-refractivity contribution is 0.382. The van der Waals surface area contributed by atoms with E-state index in [4.69, 9.17) is 4.42 Å². The highest BCUT2D eigenvalue weighted by atomic mass is 32.1. The Hall–Kier alpha value is -1.85. The lowest BCUT2D eigenvalue weighted by Crippen LogP contribution is -2.15. The quantitative estimate of drug-likeness (QED) is 0.535. The normalized spacial score (nSPS) is 13.7. The van der Waals surface area contributed by atoms with Crippen molar-refractivity contribution in [3.05, 3.63) is 72.1 Å². The highest BCUT2D eigenvalue weighted by Crippen LogP contribution is 2.37. The summed E-state index contributed by atoms with van der Waals surface area (Å²) in [5.74, 6) is 0.581. The molecule has 3 aromatic rings. The molecule has 0 spiro atoms. The van der Waals surface area contributed by atoms with Gasteiger partial charge in [-0.1, -0.05) is 13.8 Å². The summed E-state index contributed by atoms with van der Waals surface area (Å²) in [5.41, 5.74) is 1.19. The van der Waals surface area contributed by atoms with Crippen molar-refractivity contribution in [1.82, 2.24) is 0 Å². The number of rotatable bonds is 7. The molecule has 0 radical (unpaired) electrons. The SMILES string of the molecule is CCC(Cc1ccsc1)c1cc(O)c(C(CC)c2ccc(C)s2)c(=O)o1. The van der Waals surface area contributed by atoms with E-state index in [-0.39, 0.29) is 17.6 Å². The molecular formula is C21H24O3S2. The Kier molecular flexibility index (Phi) is 5.99. The molecule has 1 N–H and O–H groups in total. The monoisotopic (exact) mass is 388 g/mol. The topological polar surface area (TPSA) is 50.4 Å². The van der Waals surface area contributed by atoms with Crippen LogP contribution in [0.4, 0.5) is 0 Å². The largest absolute Gasteiger partial charge is 0.507 e. The van der Waals surface area contributed by atoms with E-state index in [1.165, 1.54) is 10.4 Å². The van der Waals surface area contributed by atoms with E-state index in [9.17, 15) is 9.90 Å². The molecule has 0 aromatic carbocycles. The second-order valence-corrected chi connectivity index (χ2v) is 8.68. The molecule has 3 heterocycles. The lowest BCUT2D eigenvalue weighted by Gasteiger charge is -2.17. The van der Waals surface area contributed by atoms with Gasteiger partial charge >= 0.3 is 5.63 Å². The summed E-state index contributed by atoms with van der Waals surface area (Å²) in [5, 5.41) is 14.8. The maximum atomic E-state index is 12.7. The molecule has 3 nitrogen and oxygen atoms in total. The Morgan fingerprint density at radius 2 is 2.00 bits per heavy atom. The number of thiophene rings is 2. The van der Waals surface area contributed by atoms with Crippen LogP contribution >= 0.6 is 22.7 Å². The molecule has 0 aliphatic rings. The molecule has 138 valence electrons. The number of hydrogen-bond acceptors (Lipinski definition) is 5. The van der Waals surface area contributed by atoms with Gasteiger partial charge in [-0.3, -0.25) is 0 Å². The van der Waals surface area contributed by atoms with Gasteiger partial charge in [0.1, 0.15) is 11.5 Å². The summed E-state index contributed by atoms with van der Waals surface area (Å²) in [7, 11) is 0. The van der Waals surface area contributed by atoms with Gasteiger partial charge in [0.2, 0.25) is 0 Å². The van der Waals surface area contributed by atoms with E-state index in [0.717, 1.165) is 24.1 Å². The van der Waals surface area contributed by atoms with Crippen molar-refractivity contribution in [2.75, 3.05) is 0 Å². The van der Waals surface area contributed by atoms with Crippen LogP contribution in [0.15, 0.2) is 44.2 Å². The molecular weight excluding hydrogens is 364 g/mol. The van der Waals surface area contributed by atoms with Crippen LogP contribution in [0.3, 0.4) is 0 Å². The fraction of sp³-hybridized carbons (Fsp3) is 0.381. The van der Waals surface area contributed by atoms with E-state index < -0.39 is 5.63 Å². The van der Waals surface area contributed by atoms with Crippen LogP contribution in [0, 0.1) is 6.92 Å². The second kappa shape index (κ2) is 8.23. The maximum absolute atomic E-state index is 12.7. The fourth-order valence-corrected chi connectivity index (χ4v) is 5.11. The Balaban J connectivity index is 1.96. The maximum Gasteiger partial charge on any atom is 0.343 e. The molecule has 26 heavy (non-hydrogen) atoms. The van der Waals surface area contributed by atoms with Crippen LogP contribution < -0.4 is 5.63 Å². The minimum absolute atomic E-state index is 0.0536. The highest BCUT2D eigenvalue weighted by Gasteiger charge is 2.25. The third kappa shape index (κ3) is 3.94. The van der Waals surface area contributed by atoms with Crippen molar-refractivity contribution in [3.8, 4) is 5.75 Å². The summed E-state index contributed by atoms with van der Waals surface area (Å²) in [6, 6.07) is 7.82. The lowest BCUT2D eigenvalue weighted by atomic mass is 9.92. The Morgan fingerprint density at radius 3 is 2.54 bits per heavy atom. The summed E-state index contributed by atoms with van der Waals surface area (Å²) < 4.78 is 5.69. The first-order chi connectivity index (χ1) is 12.5. The molecule has 0 aliphatic heterocycles. The first-order valence-electron chi connectivity index (χ1n) is 8.97. The summed E-state index contributed by atoms with van der Waals surface area (Å²) in [4.78, 5) is 15.0. The van der Waals surface area contributed by atoms with E-state index in [0.29, 0.717) is 11.3 Å². The van der Waals surface area contributed by atoms with Gasteiger partial charge in [0.15, 0.2) is 0 Å². The zero-order valence-corrected chi connectivity index (χ0v) is 17.0. The van der Waals surface area contributed by atoms with Crippen molar-refractivity contribution in [1.29, 1.82) is 0 Å². The van der Waals surface area contributed by atoms with E-state index in [1.54, 1.807) is 28.7 Å². The Bertz CT molecular complexity index is 906. The molecule has 0 amide bonds. The van der Waals surface area contributed by atoms with Crippen LogP contribution in [0.5, 0.6) is 5.75 Å². The first-order valence-corrected chi connectivity index (χ1v) is 10.7. The third-order valence-corrected chi connectivity index (χ3v) is 6.65. The number of aryl methyl sites for hydroxylation is 1. The molecule has 0 aliphatic carbocycles. The summed E-state index contributed by atoms with van der Waals surface area (Å²) in [6.07, 6.45) is 2.39. The zero-order chi connectivity index (χ0) is 18.7. The summed E-state index contributed by atoms with van der Waals surface area (Å²) >= 11 is 3.32. The van der Waals surface area contributed by atoms with Crippen LogP contribution in [-0.2, 0) is 6.42 Å². The van der Waals surface area contributed by atoms with Crippen LogP contribution in [0.2, 0.25) is 0 Å². The molecule has 0 saturated heterocycles. The van der Waals surface area contributed by atoms with Gasteiger partial charge in [0, 0.05) is 27.7 Å². The van der Waals surface area contributed by atoms with Crippen LogP contribution in [0.25, 0.3) is 0 Å². The molecule has 0 saturated carbocycles. The molecule has 0 bridgehead atoms.